The van der Waals surface area contributed by atoms with Gasteiger partial charge in [-0.15, -0.1) is 0 Å². The predicted molar refractivity (Wildman–Crippen MR) is 104 cm³/mol. The fraction of sp³-hybridized carbons (Fsp3) is 0.227. The summed E-state index contributed by atoms with van der Waals surface area (Å²) in [7, 11) is 1.70. The van der Waals surface area contributed by atoms with E-state index in [4.69, 9.17) is 4.74 Å². The van der Waals surface area contributed by atoms with Gasteiger partial charge in [0.05, 0.1) is 11.1 Å². The third kappa shape index (κ3) is 4.31. The number of rotatable bonds is 5. The number of benzene rings is 2. The van der Waals surface area contributed by atoms with Crippen molar-refractivity contribution in [1.82, 2.24) is 9.88 Å². The lowest BCUT2D eigenvalue weighted by Gasteiger charge is -2.22. The molecule has 1 heterocycles. The van der Waals surface area contributed by atoms with Crippen molar-refractivity contribution < 1.29 is 14.3 Å². The minimum absolute atomic E-state index is 0.248. The SMILES string of the molecule is Cc1cc(C(=O)O[C@H](C)C(=O)N(C)Cc2ccccc2)c2ccccc2n1. The molecule has 0 spiro atoms. The van der Waals surface area contributed by atoms with Crippen molar-refractivity contribution in [2.45, 2.75) is 26.5 Å². The van der Waals surface area contributed by atoms with Crippen LogP contribution in [0.3, 0.4) is 0 Å². The Morgan fingerprint density at radius 1 is 1.07 bits per heavy atom. The van der Waals surface area contributed by atoms with E-state index in [1.165, 1.54) is 0 Å². The van der Waals surface area contributed by atoms with Crippen molar-refractivity contribution in [3.63, 3.8) is 0 Å². The van der Waals surface area contributed by atoms with Gasteiger partial charge in [0.1, 0.15) is 0 Å². The molecule has 3 rings (SSSR count). The number of aromatic nitrogens is 1. The molecule has 0 aliphatic carbocycles. The monoisotopic (exact) mass is 362 g/mol. The van der Waals surface area contributed by atoms with Gasteiger partial charge in [-0.2, -0.15) is 0 Å². The Labute approximate surface area is 158 Å². The van der Waals surface area contributed by atoms with E-state index in [0.29, 0.717) is 17.5 Å². The molecular weight excluding hydrogens is 340 g/mol. The molecule has 5 nitrogen and oxygen atoms in total. The fourth-order valence-corrected chi connectivity index (χ4v) is 3.00. The number of nitrogens with zero attached hydrogens (tertiary/aromatic N) is 2. The van der Waals surface area contributed by atoms with Crippen molar-refractivity contribution >= 4 is 22.8 Å². The van der Waals surface area contributed by atoms with E-state index in [2.05, 4.69) is 4.98 Å². The van der Waals surface area contributed by atoms with Gasteiger partial charge in [-0.1, -0.05) is 48.5 Å². The zero-order valence-electron chi connectivity index (χ0n) is 15.7. The number of likely N-dealkylation sites (N-methyl/N-ethyl adjacent to an activating group) is 1. The van der Waals surface area contributed by atoms with Crippen LogP contribution in [0.1, 0.15) is 28.5 Å². The summed E-state index contributed by atoms with van der Waals surface area (Å²) in [6.45, 7) is 3.88. The van der Waals surface area contributed by atoms with Crippen LogP contribution in [0.2, 0.25) is 0 Å². The Hall–Kier alpha value is -3.21. The van der Waals surface area contributed by atoms with E-state index in [-0.39, 0.29) is 5.91 Å². The van der Waals surface area contributed by atoms with Crippen molar-refractivity contribution in [2.24, 2.45) is 0 Å². The predicted octanol–water partition coefficient (Wildman–Crippen LogP) is 3.75. The number of carbonyl (C=O) groups is 2. The number of aryl methyl sites for hydroxylation is 1. The lowest BCUT2D eigenvalue weighted by molar-refractivity contribution is -0.139. The number of esters is 1. The molecule has 3 aromatic rings. The smallest absolute Gasteiger partial charge is 0.339 e. The number of pyridine rings is 1. The minimum atomic E-state index is -0.876. The molecule has 1 aromatic heterocycles. The zero-order chi connectivity index (χ0) is 19.4. The van der Waals surface area contributed by atoms with Crippen LogP contribution in [0.5, 0.6) is 0 Å². The summed E-state index contributed by atoms with van der Waals surface area (Å²) in [5.74, 6) is -0.770. The van der Waals surface area contributed by atoms with Crippen molar-refractivity contribution in [2.75, 3.05) is 7.05 Å². The van der Waals surface area contributed by atoms with Gasteiger partial charge >= 0.3 is 5.97 Å². The molecule has 0 N–H and O–H groups in total. The average Bonchev–Trinajstić information content (AvgIpc) is 2.67. The fourth-order valence-electron chi connectivity index (χ4n) is 3.00. The molecule has 0 aliphatic heterocycles. The number of hydrogen-bond acceptors (Lipinski definition) is 4. The van der Waals surface area contributed by atoms with Gasteiger partial charge in [0, 0.05) is 24.7 Å². The van der Waals surface area contributed by atoms with E-state index in [1.807, 2.05) is 61.5 Å². The van der Waals surface area contributed by atoms with Crippen LogP contribution in [0, 0.1) is 6.92 Å². The first kappa shape index (κ1) is 18.6. The third-order valence-electron chi connectivity index (χ3n) is 4.33. The molecule has 2 aromatic carbocycles. The Morgan fingerprint density at radius 2 is 1.74 bits per heavy atom. The summed E-state index contributed by atoms with van der Waals surface area (Å²) in [6, 6.07) is 18.8. The lowest BCUT2D eigenvalue weighted by Crippen LogP contribution is -2.37. The molecule has 1 amide bonds. The van der Waals surface area contributed by atoms with Gasteiger partial charge < -0.3 is 9.64 Å². The Balaban J connectivity index is 1.73. The lowest BCUT2D eigenvalue weighted by atomic mass is 10.1. The minimum Gasteiger partial charge on any atom is -0.449 e. The van der Waals surface area contributed by atoms with Gasteiger partial charge in [-0.05, 0) is 31.5 Å². The van der Waals surface area contributed by atoms with Gasteiger partial charge in [-0.3, -0.25) is 9.78 Å². The molecule has 27 heavy (non-hydrogen) atoms. The number of amides is 1. The number of hydrogen-bond donors (Lipinski definition) is 0. The third-order valence-corrected chi connectivity index (χ3v) is 4.33. The maximum atomic E-state index is 12.7. The number of carbonyl (C=O) groups excluding carboxylic acids is 2. The second-order valence-corrected chi connectivity index (χ2v) is 6.56. The van der Waals surface area contributed by atoms with Crippen LogP contribution in [0.4, 0.5) is 0 Å². The van der Waals surface area contributed by atoms with Crippen LogP contribution < -0.4 is 0 Å². The van der Waals surface area contributed by atoms with Gasteiger partial charge in [0.2, 0.25) is 0 Å². The summed E-state index contributed by atoms with van der Waals surface area (Å²) in [5, 5.41) is 0.713. The number of ether oxygens (including phenoxy) is 1. The van der Waals surface area contributed by atoms with Crippen LogP contribution in [0.25, 0.3) is 10.9 Å². The highest BCUT2D eigenvalue weighted by Crippen LogP contribution is 2.20. The summed E-state index contributed by atoms with van der Waals surface area (Å²) >= 11 is 0. The van der Waals surface area contributed by atoms with Gasteiger partial charge in [0.25, 0.3) is 5.91 Å². The van der Waals surface area contributed by atoms with Crippen LogP contribution in [-0.2, 0) is 16.1 Å². The molecule has 0 bridgehead atoms. The molecule has 138 valence electrons. The molecule has 0 aliphatic rings. The molecule has 0 unspecified atom stereocenters. The van der Waals surface area contributed by atoms with E-state index in [9.17, 15) is 9.59 Å². The highest BCUT2D eigenvalue weighted by atomic mass is 16.5. The Morgan fingerprint density at radius 3 is 2.48 bits per heavy atom. The first-order valence-electron chi connectivity index (χ1n) is 8.82. The van der Waals surface area contributed by atoms with Gasteiger partial charge in [-0.25, -0.2) is 4.79 Å². The molecule has 0 saturated heterocycles. The van der Waals surface area contributed by atoms with E-state index in [1.54, 1.807) is 24.9 Å². The molecule has 5 heteroatoms. The standard InChI is InChI=1S/C22H22N2O3/c1-15-13-19(18-11-7-8-12-20(18)23-15)22(26)27-16(2)21(25)24(3)14-17-9-5-4-6-10-17/h4-13,16H,14H2,1-3H3/t16-/m1/s1. The molecule has 0 radical (unpaired) electrons. The average molecular weight is 362 g/mol. The maximum absolute atomic E-state index is 12.7. The summed E-state index contributed by atoms with van der Waals surface area (Å²) in [5.41, 5.74) is 2.89. The Kier molecular flexibility index (Phi) is 5.50. The quantitative estimate of drug-likeness (QED) is 0.649. The first-order chi connectivity index (χ1) is 13.0. The van der Waals surface area contributed by atoms with Crippen molar-refractivity contribution in [3.8, 4) is 0 Å². The highest BCUT2D eigenvalue weighted by Gasteiger charge is 2.23. The maximum Gasteiger partial charge on any atom is 0.339 e. The van der Waals surface area contributed by atoms with Crippen LogP contribution >= 0.6 is 0 Å². The van der Waals surface area contributed by atoms with E-state index < -0.39 is 12.1 Å². The molecule has 0 saturated carbocycles. The highest BCUT2D eigenvalue weighted by molar-refractivity contribution is 6.04. The molecule has 0 fully saturated rings. The van der Waals surface area contributed by atoms with Crippen molar-refractivity contribution in [3.05, 3.63) is 77.5 Å². The van der Waals surface area contributed by atoms with E-state index in [0.717, 1.165) is 16.8 Å². The van der Waals surface area contributed by atoms with Crippen molar-refractivity contribution in [1.29, 1.82) is 0 Å². The first-order valence-corrected chi connectivity index (χ1v) is 8.82. The molecule has 1 atom stereocenters. The summed E-state index contributed by atoms with van der Waals surface area (Å²) in [4.78, 5) is 31.3. The second kappa shape index (κ2) is 7.99. The van der Waals surface area contributed by atoms with E-state index >= 15 is 0 Å². The Bertz CT molecular complexity index is 970. The second-order valence-electron chi connectivity index (χ2n) is 6.56. The molecular formula is C22H22N2O3. The largest absolute Gasteiger partial charge is 0.449 e. The topological polar surface area (TPSA) is 59.5 Å². The summed E-state index contributed by atoms with van der Waals surface area (Å²) < 4.78 is 5.46. The van der Waals surface area contributed by atoms with Crippen LogP contribution in [0.15, 0.2) is 60.7 Å². The summed E-state index contributed by atoms with van der Waals surface area (Å²) in [6.07, 6.45) is -0.876. The number of para-hydroxylation sites is 1. The normalized spacial score (nSPS) is 11.8. The number of fused-ring (bicyclic) bond motifs is 1. The van der Waals surface area contributed by atoms with Crippen LogP contribution in [-0.4, -0.2) is 34.9 Å². The van der Waals surface area contributed by atoms with Gasteiger partial charge in [0.15, 0.2) is 6.10 Å². The zero-order valence-corrected chi connectivity index (χ0v) is 15.7.